The Balaban J connectivity index is 0.00000306. The summed E-state index contributed by atoms with van der Waals surface area (Å²) in [5.41, 5.74) is 2.45. The predicted octanol–water partition coefficient (Wildman–Crippen LogP) is 5.90. The van der Waals surface area contributed by atoms with E-state index in [0.717, 1.165) is 30.1 Å². The molecule has 0 spiro atoms. The van der Waals surface area contributed by atoms with Gasteiger partial charge in [0.15, 0.2) is 0 Å². The van der Waals surface area contributed by atoms with Crippen molar-refractivity contribution in [3.63, 3.8) is 0 Å². The molecule has 2 heterocycles. The molecule has 1 saturated heterocycles. The van der Waals surface area contributed by atoms with E-state index in [2.05, 4.69) is 10.2 Å². The first-order valence-corrected chi connectivity index (χ1v) is 11.3. The topological polar surface area (TPSA) is 82.1 Å². The molecule has 1 fully saturated rings. The lowest BCUT2D eigenvalue weighted by Crippen LogP contribution is -2.49. The Morgan fingerprint density at radius 2 is 1.70 bits per heavy atom. The molecule has 1 aliphatic heterocycles. The van der Waals surface area contributed by atoms with Crippen LogP contribution in [0.15, 0.2) is 60.7 Å². The Hall–Kier alpha value is -2.78. The van der Waals surface area contributed by atoms with E-state index in [4.69, 9.17) is 21.4 Å². The van der Waals surface area contributed by atoms with Crippen molar-refractivity contribution in [2.75, 3.05) is 31.5 Å². The van der Waals surface area contributed by atoms with Gasteiger partial charge in [0, 0.05) is 42.6 Å². The first-order valence-electron chi connectivity index (χ1n) is 10.1. The summed E-state index contributed by atoms with van der Waals surface area (Å²) in [5.74, 6) is 0. The lowest BCUT2D eigenvalue weighted by Gasteiger charge is -2.34. The van der Waals surface area contributed by atoms with Gasteiger partial charge >= 0.3 is 12.2 Å². The number of amides is 2. The van der Waals surface area contributed by atoms with Crippen LogP contribution in [0.25, 0.3) is 10.4 Å². The van der Waals surface area contributed by atoms with Gasteiger partial charge in [0.25, 0.3) is 0 Å². The fourth-order valence-electron chi connectivity index (χ4n) is 3.51. The van der Waals surface area contributed by atoms with Crippen LogP contribution in [-0.4, -0.2) is 53.3 Å². The SMILES string of the molecule is Cl.O=C(O)Oc1sc(-c2ccccc2)cc1NC(=O)N1CCN(Cc2ccc(Cl)cc2)CC1. The second-order valence-electron chi connectivity index (χ2n) is 7.37. The molecule has 174 valence electrons. The van der Waals surface area contributed by atoms with E-state index in [-0.39, 0.29) is 23.5 Å². The molecule has 0 bridgehead atoms. The highest BCUT2D eigenvalue weighted by atomic mass is 35.5. The molecule has 33 heavy (non-hydrogen) atoms. The Morgan fingerprint density at radius 3 is 2.33 bits per heavy atom. The van der Waals surface area contributed by atoms with E-state index < -0.39 is 6.16 Å². The molecule has 2 amide bonds. The Morgan fingerprint density at radius 1 is 1.03 bits per heavy atom. The zero-order valence-corrected chi connectivity index (χ0v) is 20.0. The lowest BCUT2D eigenvalue weighted by molar-refractivity contribution is 0.142. The van der Waals surface area contributed by atoms with Crippen molar-refractivity contribution in [2.45, 2.75) is 6.54 Å². The summed E-state index contributed by atoms with van der Waals surface area (Å²) in [4.78, 5) is 28.8. The first kappa shape index (κ1) is 24.9. The van der Waals surface area contributed by atoms with Crippen LogP contribution in [0.4, 0.5) is 15.3 Å². The third-order valence-corrected chi connectivity index (χ3v) is 6.47. The molecule has 2 aromatic carbocycles. The van der Waals surface area contributed by atoms with Crippen LogP contribution in [-0.2, 0) is 6.54 Å². The molecular formula is C23H23Cl2N3O4S. The second kappa shape index (κ2) is 11.4. The molecule has 3 aromatic rings. The van der Waals surface area contributed by atoms with Crippen LogP contribution in [0.2, 0.25) is 5.02 Å². The fourth-order valence-corrected chi connectivity index (χ4v) is 4.60. The van der Waals surface area contributed by atoms with Crippen molar-refractivity contribution < 1.29 is 19.4 Å². The number of benzene rings is 2. The normalized spacial score (nSPS) is 13.8. The van der Waals surface area contributed by atoms with E-state index >= 15 is 0 Å². The van der Waals surface area contributed by atoms with E-state index in [1.165, 1.54) is 16.9 Å². The van der Waals surface area contributed by atoms with Crippen LogP contribution in [0.3, 0.4) is 0 Å². The summed E-state index contributed by atoms with van der Waals surface area (Å²) < 4.78 is 4.91. The summed E-state index contributed by atoms with van der Waals surface area (Å²) in [6, 6.07) is 18.8. The van der Waals surface area contributed by atoms with Crippen LogP contribution in [0, 0.1) is 0 Å². The Kier molecular flexibility index (Phi) is 8.57. The van der Waals surface area contributed by atoms with Gasteiger partial charge in [-0.1, -0.05) is 65.4 Å². The number of halogens is 2. The number of nitrogens with one attached hydrogen (secondary N) is 1. The van der Waals surface area contributed by atoms with Gasteiger partial charge in [0.05, 0.1) is 5.69 Å². The maximum absolute atomic E-state index is 12.8. The van der Waals surface area contributed by atoms with Crippen molar-refractivity contribution in [3.8, 4) is 15.5 Å². The van der Waals surface area contributed by atoms with E-state index in [0.29, 0.717) is 23.8 Å². The third-order valence-electron chi connectivity index (χ3n) is 5.16. The zero-order chi connectivity index (χ0) is 22.5. The standard InChI is InChI=1S/C23H22ClN3O4S.ClH/c24-18-8-6-16(7-9-18)15-26-10-12-27(13-11-26)22(28)25-19-14-20(17-4-2-1-3-5-17)32-21(19)31-23(29)30;/h1-9,14H,10-13,15H2,(H,25,28)(H,29,30);1H. The van der Waals surface area contributed by atoms with Crippen molar-refractivity contribution >= 4 is 53.2 Å². The van der Waals surface area contributed by atoms with Gasteiger partial charge < -0.3 is 20.1 Å². The van der Waals surface area contributed by atoms with Crippen LogP contribution in [0.5, 0.6) is 5.06 Å². The average Bonchev–Trinajstić information content (AvgIpc) is 3.18. The fraction of sp³-hybridized carbons (Fsp3) is 0.217. The number of piperazine rings is 1. The van der Waals surface area contributed by atoms with Crippen LogP contribution < -0.4 is 10.1 Å². The minimum atomic E-state index is -1.42. The van der Waals surface area contributed by atoms with Crippen molar-refractivity contribution in [1.82, 2.24) is 9.80 Å². The molecule has 1 aliphatic rings. The largest absolute Gasteiger partial charge is 0.512 e. The van der Waals surface area contributed by atoms with Crippen molar-refractivity contribution in [2.24, 2.45) is 0 Å². The van der Waals surface area contributed by atoms with Gasteiger partial charge in [-0.25, -0.2) is 9.59 Å². The van der Waals surface area contributed by atoms with Crippen LogP contribution in [0.1, 0.15) is 5.56 Å². The summed E-state index contributed by atoms with van der Waals surface area (Å²) in [5, 5.41) is 12.7. The number of nitrogens with zero attached hydrogens (tertiary/aromatic N) is 2. The number of carboxylic acid groups (broad SMARTS) is 1. The summed E-state index contributed by atoms with van der Waals surface area (Å²) in [6.45, 7) is 3.43. The number of rotatable bonds is 5. The van der Waals surface area contributed by atoms with Crippen molar-refractivity contribution in [3.05, 3.63) is 71.2 Å². The maximum atomic E-state index is 12.8. The monoisotopic (exact) mass is 507 g/mol. The minimum Gasteiger partial charge on any atom is -0.449 e. The molecule has 1 aromatic heterocycles. The predicted molar refractivity (Wildman–Crippen MR) is 133 cm³/mol. The summed E-state index contributed by atoms with van der Waals surface area (Å²) in [7, 11) is 0. The highest BCUT2D eigenvalue weighted by Gasteiger charge is 2.23. The number of carbonyl (C=O) groups is 2. The number of urea groups is 1. The minimum absolute atomic E-state index is 0. The second-order valence-corrected chi connectivity index (χ2v) is 8.82. The maximum Gasteiger partial charge on any atom is 0.512 e. The molecule has 0 radical (unpaired) electrons. The van der Waals surface area contributed by atoms with Gasteiger partial charge in [-0.05, 0) is 29.3 Å². The number of thiophene rings is 1. The molecule has 2 N–H and O–H groups in total. The van der Waals surface area contributed by atoms with E-state index in [1.54, 1.807) is 11.0 Å². The van der Waals surface area contributed by atoms with Crippen molar-refractivity contribution in [1.29, 1.82) is 0 Å². The molecule has 0 aliphatic carbocycles. The lowest BCUT2D eigenvalue weighted by atomic mass is 10.2. The summed E-state index contributed by atoms with van der Waals surface area (Å²) in [6.07, 6.45) is -1.42. The molecule has 10 heteroatoms. The molecule has 0 unspecified atom stereocenters. The summed E-state index contributed by atoms with van der Waals surface area (Å²) >= 11 is 7.12. The Labute approximate surface area is 206 Å². The Bertz CT molecular complexity index is 1080. The number of hydrogen-bond acceptors (Lipinski definition) is 5. The van der Waals surface area contributed by atoms with Gasteiger partial charge in [-0.15, -0.1) is 12.4 Å². The smallest absolute Gasteiger partial charge is 0.449 e. The average molecular weight is 508 g/mol. The zero-order valence-electron chi connectivity index (χ0n) is 17.6. The molecule has 0 atom stereocenters. The number of carbonyl (C=O) groups excluding carboxylic acids is 1. The van der Waals surface area contributed by atoms with Gasteiger partial charge in [-0.2, -0.15) is 0 Å². The van der Waals surface area contributed by atoms with E-state index in [1.807, 2.05) is 54.6 Å². The molecule has 0 saturated carbocycles. The van der Waals surface area contributed by atoms with Gasteiger partial charge in [-0.3, -0.25) is 4.90 Å². The molecular weight excluding hydrogens is 485 g/mol. The number of ether oxygens (including phenoxy) is 1. The van der Waals surface area contributed by atoms with Gasteiger partial charge in [0.1, 0.15) is 0 Å². The third kappa shape index (κ3) is 6.61. The van der Waals surface area contributed by atoms with E-state index in [9.17, 15) is 9.59 Å². The van der Waals surface area contributed by atoms with Gasteiger partial charge in [0.2, 0.25) is 5.06 Å². The molecule has 4 rings (SSSR count). The highest BCUT2D eigenvalue weighted by Crippen LogP contribution is 2.41. The van der Waals surface area contributed by atoms with Crippen LogP contribution >= 0.6 is 35.3 Å². The first-order chi connectivity index (χ1) is 15.5. The molecule has 7 nitrogen and oxygen atoms in total. The quantitative estimate of drug-likeness (QED) is 0.420. The number of hydrogen-bond donors (Lipinski definition) is 2. The number of anilines is 1. The highest BCUT2D eigenvalue weighted by molar-refractivity contribution is 7.18.